The molecule has 6 heteroatoms. The fourth-order valence-corrected chi connectivity index (χ4v) is 3.74. The van der Waals surface area contributed by atoms with Gasteiger partial charge in [0.2, 0.25) is 5.91 Å². The number of thiophene rings is 1. The van der Waals surface area contributed by atoms with Gasteiger partial charge in [0.15, 0.2) is 0 Å². The van der Waals surface area contributed by atoms with Crippen molar-refractivity contribution in [3.63, 3.8) is 0 Å². The zero-order valence-electron chi connectivity index (χ0n) is 12.0. The minimum absolute atomic E-state index is 0.102. The number of halogens is 1. The molecule has 1 aromatic rings. The minimum Gasteiger partial charge on any atom is -0.381 e. The summed E-state index contributed by atoms with van der Waals surface area (Å²) in [5.74, 6) is 0.694. The molecule has 2 fully saturated rings. The monoisotopic (exact) mass is 328 g/mol. The summed E-state index contributed by atoms with van der Waals surface area (Å²) in [4.78, 5) is 15.5. The third-order valence-electron chi connectivity index (χ3n) is 4.02. The fourth-order valence-electron chi connectivity index (χ4n) is 2.71. The SMILES string of the molecule is O=C(CN(CC1CCOC1)C1CC1)NCc1ccc(Cl)s1. The predicted octanol–water partition coefficient (Wildman–Crippen LogP) is 2.52. The van der Waals surface area contributed by atoms with Crippen molar-refractivity contribution in [1.82, 2.24) is 10.2 Å². The molecule has 3 rings (SSSR count). The summed E-state index contributed by atoms with van der Waals surface area (Å²) in [5.41, 5.74) is 0. The van der Waals surface area contributed by atoms with Gasteiger partial charge >= 0.3 is 0 Å². The van der Waals surface area contributed by atoms with Crippen molar-refractivity contribution < 1.29 is 9.53 Å². The van der Waals surface area contributed by atoms with Gasteiger partial charge in [0.25, 0.3) is 0 Å². The molecule has 21 heavy (non-hydrogen) atoms. The van der Waals surface area contributed by atoms with Crippen LogP contribution in [0.15, 0.2) is 12.1 Å². The molecule has 1 saturated heterocycles. The largest absolute Gasteiger partial charge is 0.381 e. The van der Waals surface area contributed by atoms with E-state index in [4.69, 9.17) is 16.3 Å². The van der Waals surface area contributed by atoms with Crippen molar-refractivity contribution in [3.05, 3.63) is 21.3 Å². The highest BCUT2D eigenvalue weighted by Crippen LogP contribution is 2.28. The van der Waals surface area contributed by atoms with E-state index in [1.807, 2.05) is 12.1 Å². The molecule has 1 aliphatic heterocycles. The Kier molecular flexibility index (Phi) is 5.16. The molecule has 1 atom stereocenters. The normalized spacial score (nSPS) is 21.9. The first-order chi connectivity index (χ1) is 10.2. The van der Waals surface area contributed by atoms with Crippen LogP contribution in [0.2, 0.25) is 4.34 Å². The molecule has 1 amide bonds. The molecule has 1 aromatic heterocycles. The van der Waals surface area contributed by atoms with E-state index in [-0.39, 0.29) is 5.91 Å². The van der Waals surface area contributed by atoms with Crippen LogP contribution in [0.5, 0.6) is 0 Å². The van der Waals surface area contributed by atoms with E-state index in [2.05, 4.69) is 10.2 Å². The lowest BCUT2D eigenvalue weighted by atomic mass is 10.1. The Morgan fingerprint density at radius 2 is 2.29 bits per heavy atom. The Balaban J connectivity index is 1.44. The van der Waals surface area contributed by atoms with Crippen LogP contribution in [0.1, 0.15) is 24.1 Å². The number of ether oxygens (including phenoxy) is 1. The first-order valence-corrected chi connectivity index (χ1v) is 8.73. The second kappa shape index (κ2) is 7.09. The summed E-state index contributed by atoms with van der Waals surface area (Å²) in [7, 11) is 0. The third kappa shape index (κ3) is 4.68. The van der Waals surface area contributed by atoms with E-state index >= 15 is 0 Å². The molecule has 2 aliphatic rings. The molecule has 1 saturated carbocycles. The fraction of sp³-hybridized carbons (Fsp3) is 0.667. The summed E-state index contributed by atoms with van der Waals surface area (Å²) in [6, 6.07) is 4.43. The molecule has 0 aromatic carbocycles. The van der Waals surface area contributed by atoms with Crippen molar-refractivity contribution in [2.45, 2.75) is 31.8 Å². The maximum atomic E-state index is 12.1. The second-order valence-electron chi connectivity index (χ2n) is 5.87. The first-order valence-electron chi connectivity index (χ1n) is 7.53. The third-order valence-corrected chi connectivity index (χ3v) is 5.25. The predicted molar refractivity (Wildman–Crippen MR) is 84.7 cm³/mol. The van der Waals surface area contributed by atoms with Gasteiger partial charge in [0.1, 0.15) is 0 Å². The van der Waals surface area contributed by atoms with Gasteiger partial charge in [-0.2, -0.15) is 0 Å². The topological polar surface area (TPSA) is 41.6 Å². The smallest absolute Gasteiger partial charge is 0.234 e. The number of carbonyl (C=O) groups excluding carboxylic acids is 1. The Hall–Kier alpha value is -0.620. The van der Waals surface area contributed by atoms with Gasteiger partial charge in [-0.25, -0.2) is 0 Å². The Morgan fingerprint density at radius 3 is 2.90 bits per heavy atom. The van der Waals surface area contributed by atoms with Gasteiger partial charge < -0.3 is 10.1 Å². The summed E-state index contributed by atoms with van der Waals surface area (Å²) in [6.07, 6.45) is 3.57. The molecule has 116 valence electrons. The van der Waals surface area contributed by atoms with E-state index in [9.17, 15) is 4.79 Å². The molecule has 0 radical (unpaired) electrons. The lowest BCUT2D eigenvalue weighted by molar-refractivity contribution is -0.122. The Labute approximate surface area is 134 Å². The zero-order valence-corrected chi connectivity index (χ0v) is 13.6. The van der Waals surface area contributed by atoms with Crippen LogP contribution in [0.25, 0.3) is 0 Å². The van der Waals surface area contributed by atoms with Crippen LogP contribution in [-0.4, -0.2) is 43.2 Å². The average Bonchev–Trinajstić information content (AvgIpc) is 3.03. The molecule has 4 nitrogen and oxygen atoms in total. The van der Waals surface area contributed by atoms with E-state index in [1.54, 1.807) is 0 Å². The van der Waals surface area contributed by atoms with Gasteiger partial charge in [-0.1, -0.05) is 11.6 Å². The maximum Gasteiger partial charge on any atom is 0.234 e. The molecule has 2 heterocycles. The molecular weight excluding hydrogens is 308 g/mol. The first kappa shape index (κ1) is 15.3. The van der Waals surface area contributed by atoms with Crippen LogP contribution < -0.4 is 5.32 Å². The van der Waals surface area contributed by atoms with Crippen molar-refractivity contribution in [2.24, 2.45) is 5.92 Å². The summed E-state index contributed by atoms with van der Waals surface area (Å²) in [5, 5.41) is 2.99. The molecule has 1 N–H and O–H groups in total. The quantitative estimate of drug-likeness (QED) is 0.836. The Bertz CT molecular complexity index is 484. The standard InChI is InChI=1S/C15H21ClN2O2S/c16-14-4-3-13(21-14)7-17-15(19)9-18(12-1-2-12)8-11-5-6-20-10-11/h3-4,11-12H,1-2,5-10H2,(H,17,19). The average molecular weight is 329 g/mol. The number of rotatable bonds is 7. The van der Waals surface area contributed by atoms with Crippen molar-refractivity contribution in [3.8, 4) is 0 Å². The second-order valence-corrected chi connectivity index (χ2v) is 7.67. The van der Waals surface area contributed by atoms with Crippen LogP contribution in [-0.2, 0) is 16.1 Å². The summed E-state index contributed by atoms with van der Waals surface area (Å²) < 4.78 is 6.20. The summed E-state index contributed by atoms with van der Waals surface area (Å²) in [6.45, 7) is 3.78. The summed E-state index contributed by atoms with van der Waals surface area (Å²) >= 11 is 7.40. The lowest BCUT2D eigenvalue weighted by Crippen LogP contribution is -2.40. The molecule has 1 aliphatic carbocycles. The molecule has 1 unspecified atom stereocenters. The van der Waals surface area contributed by atoms with Crippen LogP contribution >= 0.6 is 22.9 Å². The zero-order chi connectivity index (χ0) is 14.7. The highest BCUT2D eigenvalue weighted by Gasteiger charge is 2.32. The van der Waals surface area contributed by atoms with Crippen LogP contribution in [0, 0.1) is 5.92 Å². The van der Waals surface area contributed by atoms with E-state index < -0.39 is 0 Å². The van der Waals surface area contributed by atoms with Crippen molar-refractivity contribution in [2.75, 3.05) is 26.3 Å². The van der Waals surface area contributed by atoms with Gasteiger partial charge in [0, 0.05) is 24.1 Å². The number of hydrogen-bond acceptors (Lipinski definition) is 4. The van der Waals surface area contributed by atoms with Gasteiger partial charge in [-0.05, 0) is 37.3 Å². The molecule has 0 bridgehead atoms. The number of nitrogens with one attached hydrogen (secondary N) is 1. The van der Waals surface area contributed by atoms with Gasteiger partial charge in [-0.3, -0.25) is 9.69 Å². The molecular formula is C15H21ClN2O2S. The van der Waals surface area contributed by atoms with E-state index in [0.717, 1.165) is 35.4 Å². The minimum atomic E-state index is 0.102. The van der Waals surface area contributed by atoms with Crippen molar-refractivity contribution >= 4 is 28.8 Å². The van der Waals surface area contributed by atoms with E-state index in [1.165, 1.54) is 24.2 Å². The van der Waals surface area contributed by atoms with Crippen LogP contribution in [0.4, 0.5) is 0 Å². The number of amides is 1. The molecule has 0 spiro atoms. The van der Waals surface area contributed by atoms with Gasteiger partial charge in [-0.15, -0.1) is 11.3 Å². The number of nitrogens with zero attached hydrogens (tertiary/aromatic N) is 1. The van der Waals surface area contributed by atoms with Crippen molar-refractivity contribution in [1.29, 1.82) is 0 Å². The van der Waals surface area contributed by atoms with Gasteiger partial charge in [0.05, 0.1) is 24.0 Å². The maximum absolute atomic E-state index is 12.1. The van der Waals surface area contributed by atoms with E-state index in [0.29, 0.717) is 25.0 Å². The lowest BCUT2D eigenvalue weighted by Gasteiger charge is -2.24. The van der Waals surface area contributed by atoms with Crippen LogP contribution in [0.3, 0.4) is 0 Å². The number of hydrogen-bond donors (Lipinski definition) is 1. The highest BCUT2D eigenvalue weighted by molar-refractivity contribution is 7.16. The number of carbonyl (C=O) groups is 1. The highest BCUT2D eigenvalue weighted by atomic mass is 35.5. The Morgan fingerprint density at radius 1 is 1.43 bits per heavy atom.